The molecule has 0 saturated carbocycles. The molecule has 0 aliphatic heterocycles. The number of allylic oxidation sites excluding steroid dienone is 3. The van der Waals surface area contributed by atoms with Crippen LogP contribution in [0.3, 0.4) is 0 Å². The van der Waals surface area contributed by atoms with Crippen molar-refractivity contribution < 1.29 is 19.8 Å². The van der Waals surface area contributed by atoms with Gasteiger partial charge in [0.1, 0.15) is 11.5 Å². The third-order valence-corrected chi connectivity index (χ3v) is 9.59. The van der Waals surface area contributed by atoms with E-state index in [2.05, 4.69) is 90.4 Å². The standard InChI is InChI=1S/C49H44O4/c1-5-7-9-11-13-15-29-49(30-16-14-12-10-8-6-2)45-33-41(37-17-21-39(22-18-37)47(52)31-35(3)50)25-27-43(45)44-28-26-42(34-46(44)49)38-19-23-40(24-20-38)48(53)32-36(4)51/h17-29,31-34,52-53H,1,6,8,10,12,14,16,30H2,2-4H3. The van der Waals surface area contributed by atoms with Gasteiger partial charge in [-0.1, -0.05) is 130 Å². The number of carbonyl (C=O) groups excluding carboxylic acids is 2. The van der Waals surface area contributed by atoms with Crippen LogP contribution >= 0.6 is 0 Å². The fraction of sp³-hybridized carbons (Fsp3) is 0.224. The summed E-state index contributed by atoms with van der Waals surface area (Å²) >= 11 is 0. The lowest BCUT2D eigenvalue weighted by Gasteiger charge is -2.29. The Kier molecular flexibility index (Phi) is 12.7. The van der Waals surface area contributed by atoms with Crippen molar-refractivity contribution in [2.75, 3.05) is 0 Å². The van der Waals surface area contributed by atoms with Crippen LogP contribution in [0.15, 0.2) is 144 Å². The number of fused-ring (bicyclic) bond motifs is 3. The molecule has 1 aliphatic rings. The molecular weight excluding hydrogens is 653 g/mol. The first-order chi connectivity index (χ1) is 25.7. The zero-order chi connectivity index (χ0) is 37.8. The molecule has 4 aromatic carbocycles. The summed E-state index contributed by atoms with van der Waals surface area (Å²) in [5.41, 5.74) is 26.4. The summed E-state index contributed by atoms with van der Waals surface area (Å²) in [6.45, 7) is 8.58. The van der Waals surface area contributed by atoms with Crippen LogP contribution in [0.25, 0.3) is 44.9 Å². The number of ketones is 2. The lowest BCUT2D eigenvalue weighted by Crippen LogP contribution is -2.22. The second-order valence-electron chi connectivity index (χ2n) is 13.4. The number of rotatable bonds is 14. The minimum Gasteiger partial charge on any atom is -0.507 e. The van der Waals surface area contributed by atoms with Gasteiger partial charge in [-0.05, 0) is 112 Å². The Hall–Kier alpha value is -6.28. The Morgan fingerprint density at radius 3 is 1.55 bits per heavy atom. The molecule has 0 aromatic heterocycles. The highest BCUT2D eigenvalue weighted by atomic mass is 16.3. The summed E-state index contributed by atoms with van der Waals surface area (Å²) in [5.74, 6) is -0.543. The average molecular weight is 697 g/mol. The van der Waals surface area contributed by atoms with Gasteiger partial charge in [-0.25, -0.2) is 0 Å². The Balaban J connectivity index is 1.67. The van der Waals surface area contributed by atoms with Gasteiger partial charge in [0.25, 0.3) is 0 Å². The highest BCUT2D eigenvalue weighted by molar-refractivity contribution is 5.94. The molecule has 2 N–H and O–H groups in total. The van der Waals surface area contributed by atoms with Crippen molar-refractivity contribution >= 4 is 23.1 Å². The van der Waals surface area contributed by atoms with Gasteiger partial charge in [-0.15, -0.1) is 0 Å². The normalized spacial score (nSPS) is 14.3. The molecule has 0 fully saturated rings. The maximum atomic E-state index is 11.5. The van der Waals surface area contributed by atoms with Crippen LogP contribution in [-0.2, 0) is 15.0 Å². The number of unbranched alkanes of at least 4 members (excludes halogenated alkanes) is 5. The summed E-state index contributed by atoms with van der Waals surface area (Å²) in [6.07, 6.45) is 12.4. The van der Waals surface area contributed by atoms with E-state index < -0.39 is 5.41 Å². The van der Waals surface area contributed by atoms with Crippen LogP contribution in [0.4, 0.5) is 0 Å². The highest BCUT2D eigenvalue weighted by Crippen LogP contribution is 2.54. The number of hydrogen-bond acceptors (Lipinski definition) is 4. The van der Waals surface area contributed by atoms with Gasteiger partial charge in [0, 0.05) is 28.7 Å². The molecule has 0 amide bonds. The van der Waals surface area contributed by atoms with E-state index in [9.17, 15) is 19.8 Å². The van der Waals surface area contributed by atoms with Gasteiger partial charge in [-0.3, -0.25) is 9.59 Å². The average Bonchev–Trinajstić information content (AvgIpc) is 3.42. The summed E-state index contributed by atoms with van der Waals surface area (Å²) in [7, 11) is 0. The van der Waals surface area contributed by atoms with E-state index in [1.807, 2.05) is 48.5 Å². The van der Waals surface area contributed by atoms with E-state index in [1.165, 1.54) is 62.8 Å². The van der Waals surface area contributed by atoms with E-state index in [4.69, 9.17) is 0 Å². The monoisotopic (exact) mass is 696 g/mol. The summed E-state index contributed by atoms with van der Waals surface area (Å²) in [6, 6.07) is 28.3. The molecule has 1 aliphatic carbocycles. The molecular formula is C49H44O4. The molecule has 0 spiro atoms. The molecule has 0 radical (unpaired) electrons. The topological polar surface area (TPSA) is 74.6 Å². The van der Waals surface area contributed by atoms with E-state index >= 15 is 0 Å². The van der Waals surface area contributed by atoms with Crippen LogP contribution in [0.2, 0.25) is 0 Å². The maximum Gasteiger partial charge on any atom is 0.156 e. The van der Waals surface area contributed by atoms with E-state index in [1.54, 1.807) is 0 Å². The number of hydrogen-bond donors (Lipinski definition) is 2. The first kappa shape index (κ1) is 38.0. The predicted octanol–water partition coefficient (Wildman–Crippen LogP) is 12.1. The van der Waals surface area contributed by atoms with Crippen LogP contribution in [0.5, 0.6) is 0 Å². The largest absolute Gasteiger partial charge is 0.507 e. The summed E-state index contributed by atoms with van der Waals surface area (Å²) in [5, 5.41) is 20.8. The molecule has 4 aromatic rings. The maximum absolute atomic E-state index is 11.5. The number of aliphatic hydroxyl groups is 2. The molecule has 4 nitrogen and oxygen atoms in total. The predicted molar refractivity (Wildman–Crippen MR) is 215 cm³/mol. The van der Waals surface area contributed by atoms with Crippen LogP contribution in [-0.4, -0.2) is 21.8 Å². The molecule has 0 atom stereocenters. The lowest BCUT2D eigenvalue weighted by atomic mass is 9.73. The third kappa shape index (κ3) is 9.15. The van der Waals surface area contributed by atoms with E-state index in [0.29, 0.717) is 11.1 Å². The molecule has 264 valence electrons. The van der Waals surface area contributed by atoms with Gasteiger partial charge in [0.2, 0.25) is 0 Å². The molecule has 53 heavy (non-hydrogen) atoms. The first-order valence-corrected chi connectivity index (χ1v) is 18.1. The molecule has 4 heteroatoms. The van der Waals surface area contributed by atoms with Gasteiger partial charge in [-0.2, -0.15) is 0 Å². The molecule has 0 heterocycles. The highest BCUT2D eigenvalue weighted by Gasteiger charge is 2.41. The zero-order valence-corrected chi connectivity index (χ0v) is 30.7. The van der Waals surface area contributed by atoms with Crippen molar-refractivity contribution in [3.05, 3.63) is 166 Å². The smallest absolute Gasteiger partial charge is 0.156 e. The first-order valence-electron chi connectivity index (χ1n) is 18.1. The molecule has 0 bridgehead atoms. The van der Waals surface area contributed by atoms with Crippen molar-refractivity contribution in [3.8, 4) is 33.4 Å². The van der Waals surface area contributed by atoms with Crippen molar-refractivity contribution in [1.29, 1.82) is 0 Å². The molecule has 5 rings (SSSR count). The molecule has 0 unspecified atom stereocenters. The van der Waals surface area contributed by atoms with Gasteiger partial charge < -0.3 is 10.2 Å². The van der Waals surface area contributed by atoms with E-state index in [0.717, 1.165) is 52.6 Å². The van der Waals surface area contributed by atoms with Crippen LogP contribution < -0.4 is 0 Å². The van der Waals surface area contributed by atoms with Crippen molar-refractivity contribution in [2.24, 2.45) is 0 Å². The second-order valence-corrected chi connectivity index (χ2v) is 13.4. The summed E-state index contributed by atoms with van der Waals surface area (Å²) in [4.78, 5) is 23.1. The van der Waals surface area contributed by atoms with Crippen molar-refractivity contribution in [1.82, 2.24) is 0 Å². The van der Waals surface area contributed by atoms with Gasteiger partial charge in [0.15, 0.2) is 11.6 Å². The third-order valence-electron chi connectivity index (χ3n) is 9.59. The van der Waals surface area contributed by atoms with Crippen molar-refractivity contribution in [2.45, 2.75) is 71.1 Å². The second kappa shape index (κ2) is 17.8. The fourth-order valence-corrected chi connectivity index (χ4v) is 7.00. The Morgan fingerprint density at radius 2 is 1.08 bits per heavy atom. The Bertz CT molecular complexity index is 2190. The van der Waals surface area contributed by atoms with Crippen LogP contribution in [0.1, 0.15) is 88.0 Å². The minimum absolute atomic E-state index is 0.0568. The Labute approximate surface area is 312 Å². The minimum atomic E-state index is -0.529. The Morgan fingerprint density at radius 1 is 0.623 bits per heavy atom. The number of carbonyl (C=O) groups is 2. The quantitative estimate of drug-likeness (QED) is 0.0596. The fourth-order valence-electron chi connectivity index (χ4n) is 7.00. The number of aliphatic hydroxyl groups excluding tert-OH is 2. The zero-order valence-electron chi connectivity index (χ0n) is 30.7. The van der Waals surface area contributed by atoms with E-state index in [-0.39, 0.29) is 23.1 Å². The summed E-state index contributed by atoms with van der Waals surface area (Å²) < 4.78 is 0. The van der Waals surface area contributed by atoms with Gasteiger partial charge in [0.05, 0.1) is 0 Å². The lowest BCUT2D eigenvalue weighted by molar-refractivity contribution is -0.113. The van der Waals surface area contributed by atoms with Gasteiger partial charge >= 0.3 is 0 Å². The SMILES string of the molecule is C=C=C=C=C=C=C=CC1(CCCCCCCC)c2cc(-c3ccc(C(O)=CC(C)=O)cc3)ccc2-c2ccc(-c3ccc(C(O)=CC(C)=O)cc3)cc21. The molecule has 0 saturated heterocycles. The number of benzene rings is 4. The van der Waals surface area contributed by atoms with Crippen LogP contribution in [0, 0.1) is 0 Å². The van der Waals surface area contributed by atoms with Crippen molar-refractivity contribution in [3.63, 3.8) is 0 Å².